The zero-order valence-corrected chi connectivity index (χ0v) is 9.41. The molecule has 1 aromatic carbocycles. The maximum Gasteiger partial charge on any atom is 0.106 e. The van der Waals surface area contributed by atoms with Crippen LogP contribution >= 0.6 is 24.2 Å². The quantitative estimate of drug-likeness (QED) is 0.706. The van der Waals surface area contributed by atoms with Crippen molar-refractivity contribution in [2.24, 2.45) is 0 Å². The number of nitrogens with zero attached hydrogens (tertiary/aromatic N) is 1. The van der Waals surface area contributed by atoms with Crippen molar-refractivity contribution < 1.29 is 10.2 Å². The minimum absolute atomic E-state index is 0.145. The lowest BCUT2D eigenvalue weighted by Crippen LogP contribution is -2.19. The van der Waals surface area contributed by atoms with Crippen LogP contribution in [0.25, 0.3) is 0 Å². The molecule has 80 valence electrons. The summed E-state index contributed by atoms with van der Waals surface area (Å²) in [5, 5.41) is 28.1. The summed E-state index contributed by atoms with van der Waals surface area (Å²) in [6, 6.07) is 6.45. The molecule has 0 fully saturated rings. The van der Waals surface area contributed by atoms with E-state index in [-0.39, 0.29) is 11.3 Å². The second-order valence-corrected chi connectivity index (χ2v) is 3.82. The molecule has 0 radical (unpaired) electrons. The lowest BCUT2D eigenvalue weighted by molar-refractivity contribution is 0.0337. The van der Waals surface area contributed by atoms with Gasteiger partial charge in [-0.05, 0) is 17.7 Å². The first-order chi connectivity index (χ1) is 7.10. The highest BCUT2D eigenvalue weighted by Crippen LogP contribution is 2.23. The third-order valence-corrected chi connectivity index (χ3v) is 2.71. The van der Waals surface area contributed by atoms with Crippen LogP contribution in [0, 0.1) is 11.3 Å². The Morgan fingerprint density at radius 1 is 1.47 bits per heavy atom. The average molecular weight is 244 g/mol. The highest BCUT2D eigenvalue weighted by molar-refractivity contribution is 7.80. The first-order valence-corrected chi connectivity index (χ1v) is 5.27. The molecule has 0 aromatic heterocycles. The van der Waals surface area contributed by atoms with Gasteiger partial charge >= 0.3 is 0 Å². The molecule has 1 aromatic rings. The zero-order valence-electron chi connectivity index (χ0n) is 7.76. The van der Waals surface area contributed by atoms with E-state index in [2.05, 4.69) is 12.6 Å². The monoisotopic (exact) mass is 243 g/mol. The maximum absolute atomic E-state index is 9.65. The molecule has 0 aliphatic rings. The molecule has 2 atom stereocenters. The molecule has 3 nitrogen and oxygen atoms in total. The van der Waals surface area contributed by atoms with Crippen LogP contribution < -0.4 is 0 Å². The van der Waals surface area contributed by atoms with Gasteiger partial charge in [-0.25, -0.2) is 0 Å². The van der Waals surface area contributed by atoms with E-state index in [0.29, 0.717) is 10.6 Å². The van der Waals surface area contributed by atoms with Gasteiger partial charge in [0.05, 0.1) is 16.7 Å². The van der Waals surface area contributed by atoms with Crippen molar-refractivity contribution in [2.45, 2.75) is 12.2 Å². The van der Waals surface area contributed by atoms with E-state index in [1.807, 2.05) is 6.07 Å². The van der Waals surface area contributed by atoms with Crippen LogP contribution in [-0.4, -0.2) is 22.1 Å². The number of thiol groups is 1. The molecule has 5 heteroatoms. The molecular formula is C10H10ClNO2S. The van der Waals surface area contributed by atoms with Crippen molar-refractivity contribution >= 4 is 24.2 Å². The predicted octanol–water partition coefficient (Wildman–Crippen LogP) is 1.54. The molecular weight excluding hydrogens is 234 g/mol. The summed E-state index contributed by atoms with van der Waals surface area (Å²) in [4.78, 5) is 0. The van der Waals surface area contributed by atoms with Gasteiger partial charge in [0.1, 0.15) is 12.2 Å². The number of hydrogen-bond donors (Lipinski definition) is 3. The van der Waals surface area contributed by atoms with Crippen LogP contribution in [0.3, 0.4) is 0 Å². The van der Waals surface area contributed by atoms with E-state index >= 15 is 0 Å². The lowest BCUT2D eigenvalue weighted by Gasteiger charge is -2.16. The molecule has 0 saturated carbocycles. The van der Waals surface area contributed by atoms with E-state index in [1.54, 1.807) is 6.07 Å². The summed E-state index contributed by atoms with van der Waals surface area (Å²) in [5.41, 5.74) is 0.733. The summed E-state index contributed by atoms with van der Waals surface area (Å²) in [5.74, 6) is 0.145. The summed E-state index contributed by atoms with van der Waals surface area (Å²) < 4.78 is 0. The molecule has 0 spiro atoms. The molecule has 0 aliphatic heterocycles. The minimum atomic E-state index is -1.05. The average Bonchev–Trinajstić information content (AvgIpc) is 2.27. The molecule has 0 saturated heterocycles. The van der Waals surface area contributed by atoms with Gasteiger partial charge in [-0.1, -0.05) is 17.7 Å². The molecule has 1 rings (SSSR count). The lowest BCUT2D eigenvalue weighted by atomic mass is 10.0. The summed E-state index contributed by atoms with van der Waals surface area (Å²) in [6.07, 6.45) is -2.01. The Bertz CT molecular complexity index is 391. The van der Waals surface area contributed by atoms with Crippen LogP contribution in [0.15, 0.2) is 18.2 Å². The number of rotatable bonds is 3. The number of benzene rings is 1. The number of hydrogen-bond acceptors (Lipinski definition) is 4. The van der Waals surface area contributed by atoms with E-state index in [0.717, 1.165) is 0 Å². The van der Waals surface area contributed by atoms with E-state index in [9.17, 15) is 10.2 Å². The molecule has 15 heavy (non-hydrogen) atoms. The first kappa shape index (κ1) is 12.3. The Morgan fingerprint density at radius 3 is 2.67 bits per heavy atom. The first-order valence-electron chi connectivity index (χ1n) is 4.26. The second-order valence-electron chi connectivity index (χ2n) is 3.05. The summed E-state index contributed by atoms with van der Waals surface area (Å²) in [6.45, 7) is 0. The van der Waals surface area contributed by atoms with Crippen LogP contribution in [-0.2, 0) is 0 Å². The van der Waals surface area contributed by atoms with E-state index in [1.165, 1.54) is 12.1 Å². The van der Waals surface area contributed by atoms with Gasteiger partial charge in [-0.15, -0.1) is 0 Å². The van der Waals surface area contributed by atoms with Crippen molar-refractivity contribution in [1.29, 1.82) is 5.26 Å². The third-order valence-electron chi connectivity index (χ3n) is 2.00. The fraction of sp³-hybridized carbons (Fsp3) is 0.300. The summed E-state index contributed by atoms with van der Waals surface area (Å²) in [7, 11) is 0. The van der Waals surface area contributed by atoms with Crippen LogP contribution in [0.1, 0.15) is 17.2 Å². The van der Waals surface area contributed by atoms with Gasteiger partial charge in [-0.3, -0.25) is 0 Å². The predicted molar refractivity (Wildman–Crippen MR) is 61.0 cm³/mol. The highest BCUT2D eigenvalue weighted by Gasteiger charge is 2.17. The van der Waals surface area contributed by atoms with Gasteiger partial charge in [0.2, 0.25) is 0 Å². The van der Waals surface area contributed by atoms with Crippen molar-refractivity contribution in [3.63, 3.8) is 0 Å². The smallest absolute Gasteiger partial charge is 0.106 e. The van der Waals surface area contributed by atoms with E-state index in [4.69, 9.17) is 16.9 Å². The van der Waals surface area contributed by atoms with Crippen LogP contribution in [0.2, 0.25) is 5.02 Å². The Morgan fingerprint density at radius 2 is 2.13 bits per heavy atom. The number of aliphatic hydroxyl groups is 2. The van der Waals surface area contributed by atoms with Crippen molar-refractivity contribution in [2.75, 3.05) is 5.75 Å². The fourth-order valence-electron chi connectivity index (χ4n) is 1.13. The number of aliphatic hydroxyl groups excluding tert-OH is 2. The molecule has 0 heterocycles. The molecule has 2 N–H and O–H groups in total. The minimum Gasteiger partial charge on any atom is -0.389 e. The highest BCUT2D eigenvalue weighted by atomic mass is 35.5. The van der Waals surface area contributed by atoms with Crippen molar-refractivity contribution in [3.05, 3.63) is 34.3 Å². The molecule has 0 bridgehead atoms. The van der Waals surface area contributed by atoms with Gasteiger partial charge in [0.15, 0.2) is 0 Å². The SMILES string of the molecule is N#Cc1cc(C(O)C(O)CS)ccc1Cl. The van der Waals surface area contributed by atoms with Gasteiger partial charge in [0, 0.05) is 5.75 Å². The fourth-order valence-corrected chi connectivity index (χ4v) is 1.49. The Balaban J connectivity index is 3.02. The standard InChI is InChI=1S/C10H10ClNO2S/c11-8-2-1-6(3-7(8)4-12)10(14)9(13)5-15/h1-3,9-10,13-15H,5H2. The second kappa shape index (κ2) is 5.38. The number of nitriles is 1. The van der Waals surface area contributed by atoms with Crippen LogP contribution in [0.5, 0.6) is 0 Å². The van der Waals surface area contributed by atoms with Gasteiger partial charge in [0.25, 0.3) is 0 Å². The van der Waals surface area contributed by atoms with E-state index < -0.39 is 12.2 Å². The third kappa shape index (κ3) is 2.86. The Kier molecular flexibility index (Phi) is 4.43. The van der Waals surface area contributed by atoms with Gasteiger partial charge in [-0.2, -0.15) is 17.9 Å². The molecule has 2 unspecified atom stereocenters. The molecule has 0 aliphatic carbocycles. The van der Waals surface area contributed by atoms with Crippen LogP contribution in [0.4, 0.5) is 0 Å². The molecule has 0 amide bonds. The Hall–Kier alpha value is -0.730. The summed E-state index contributed by atoms with van der Waals surface area (Å²) >= 11 is 9.61. The largest absolute Gasteiger partial charge is 0.389 e. The zero-order chi connectivity index (χ0) is 11.4. The maximum atomic E-state index is 9.65. The topological polar surface area (TPSA) is 64.2 Å². The van der Waals surface area contributed by atoms with Crippen molar-refractivity contribution in [3.8, 4) is 6.07 Å². The Labute approximate surface area is 98.3 Å². The van der Waals surface area contributed by atoms with Gasteiger partial charge < -0.3 is 10.2 Å². The number of halogens is 1. The van der Waals surface area contributed by atoms with Crippen molar-refractivity contribution in [1.82, 2.24) is 0 Å². The normalized spacial score (nSPS) is 14.3.